The third-order valence-corrected chi connectivity index (χ3v) is 6.74. The van der Waals surface area contributed by atoms with Crippen LogP contribution in [0.5, 0.6) is 5.75 Å². The third kappa shape index (κ3) is 3.09. The van der Waals surface area contributed by atoms with Gasteiger partial charge in [0.15, 0.2) is 0 Å². The van der Waals surface area contributed by atoms with Crippen LogP contribution >= 0.6 is 23.4 Å². The predicted molar refractivity (Wildman–Crippen MR) is 126 cm³/mol. The van der Waals surface area contributed by atoms with Crippen molar-refractivity contribution in [2.75, 3.05) is 12.0 Å². The number of nitrogens with one attached hydrogen (secondary N) is 1. The molecular formula is C24H19ClN2O3S. The zero-order chi connectivity index (χ0) is 21.7. The van der Waals surface area contributed by atoms with Gasteiger partial charge in [-0.15, -0.1) is 0 Å². The minimum absolute atomic E-state index is 0.115. The summed E-state index contributed by atoms with van der Waals surface area (Å²) in [6.07, 6.45) is 3.02. The lowest BCUT2D eigenvalue weighted by Crippen LogP contribution is -2.20. The number of carbonyl (C=O) groups excluding carboxylic acids is 2. The van der Waals surface area contributed by atoms with Crippen molar-refractivity contribution in [3.63, 3.8) is 0 Å². The maximum Gasteiger partial charge on any atom is 0.259 e. The molecule has 5 nitrogen and oxygen atoms in total. The number of phenolic OH excluding ortho intramolecular Hbond substituents is 1. The van der Waals surface area contributed by atoms with Gasteiger partial charge < -0.3 is 9.67 Å². The van der Waals surface area contributed by atoms with Crippen LogP contribution in [0, 0.1) is 0 Å². The molecule has 0 fully saturated rings. The zero-order valence-electron chi connectivity index (χ0n) is 16.7. The highest BCUT2D eigenvalue weighted by atomic mass is 35.5. The van der Waals surface area contributed by atoms with Crippen LogP contribution in [-0.2, 0) is 6.54 Å². The fourth-order valence-corrected chi connectivity index (χ4v) is 5.09. The van der Waals surface area contributed by atoms with Gasteiger partial charge in [0.1, 0.15) is 5.75 Å². The summed E-state index contributed by atoms with van der Waals surface area (Å²) in [7, 11) is 0. The zero-order valence-corrected chi connectivity index (χ0v) is 18.3. The topological polar surface area (TPSA) is 71.3 Å². The van der Waals surface area contributed by atoms with E-state index in [4.69, 9.17) is 11.6 Å². The number of aryl methyl sites for hydroxylation is 1. The Balaban J connectivity index is 1.93. The van der Waals surface area contributed by atoms with Gasteiger partial charge in [0.2, 0.25) is 0 Å². The number of halogens is 1. The smallest absolute Gasteiger partial charge is 0.259 e. The van der Waals surface area contributed by atoms with Gasteiger partial charge in [0, 0.05) is 33.4 Å². The van der Waals surface area contributed by atoms with Crippen LogP contribution in [-0.4, -0.2) is 33.5 Å². The number of fused-ring (bicyclic) bond motifs is 5. The van der Waals surface area contributed by atoms with E-state index in [9.17, 15) is 14.7 Å². The third-order valence-electron chi connectivity index (χ3n) is 5.71. The van der Waals surface area contributed by atoms with E-state index in [-0.39, 0.29) is 5.75 Å². The molecule has 7 heteroatoms. The quantitative estimate of drug-likeness (QED) is 0.313. The molecule has 0 saturated carbocycles. The normalized spacial score (nSPS) is 13.2. The van der Waals surface area contributed by atoms with E-state index < -0.39 is 11.8 Å². The van der Waals surface area contributed by atoms with Crippen LogP contribution in [0.15, 0.2) is 48.5 Å². The van der Waals surface area contributed by atoms with Gasteiger partial charge in [-0.25, -0.2) is 0 Å². The van der Waals surface area contributed by atoms with Gasteiger partial charge >= 0.3 is 0 Å². The molecule has 0 unspecified atom stereocenters. The molecule has 1 aliphatic rings. The molecule has 31 heavy (non-hydrogen) atoms. The van der Waals surface area contributed by atoms with Gasteiger partial charge in [-0.3, -0.25) is 14.9 Å². The van der Waals surface area contributed by atoms with E-state index in [1.165, 1.54) is 0 Å². The summed E-state index contributed by atoms with van der Waals surface area (Å²) in [6, 6.07) is 14.4. The Kier molecular flexibility index (Phi) is 4.91. The number of carbonyl (C=O) groups is 2. The number of imide groups is 1. The Morgan fingerprint density at radius 1 is 1.00 bits per heavy atom. The average Bonchev–Trinajstić information content (AvgIpc) is 3.21. The highest BCUT2D eigenvalue weighted by Gasteiger charge is 2.34. The largest absolute Gasteiger partial charge is 0.508 e. The van der Waals surface area contributed by atoms with Crippen LogP contribution in [0.25, 0.3) is 32.9 Å². The Labute approximate surface area is 188 Å². The number of amides is 2. The van der Waals surface area contributed by atoms with Crippen molar-refractivity contribution < 1.29 is 14.7 Å². The molecule has 5 rings (SSSR count). The van der Waals surface area contributed by atoms with Crippen molar-refractivity contribution in [3.05, 3.63) is 64.7 Å². The second kappa shape index (κ2) is 7.62. The molecule has 3 aromatic carbocycles. The fraction of sp³-hybridized carbons (Fsp3) is 0.167. The van der Waals surface area contributed by atoms with Crippen molar-refractivity contribution >= 4 is 57.0 Å². The molecule has 2 N–H and O–H groups in total. The average molecular weight is 451 g/mol. The number of nitrogens with zero attached hydrogens (tertiary/aromatic N) is 1. The Bertz CT molecular complexity index is 1390. The van der Waals surface area contributed by atoms with Crippen LogP contribution in [0.1, 0.15) is 27.1 Å². The van der Waals surface area contributed by atoms with Crippen molar-refractivity contribution in [2.24, 2.45) is 0 Å². The minimum atomic E-state index is -0.430. The monoisotopic (exact) mass is 450 g/mol. The van der Waals surface area contributed by atoms with Crippen molar-refractivity contribution in [3.8, 4) is 16.9 Å². The molecular weight excluding hydrogens is 432 g/mol. The summed E-state index contributed by atoms with van der Waals surface area (Å²) < 4.78 is 2.16. The molecule has 0 spiro atoms. The standard InChI is InChI=1S/C24H19ClN2O3S/c1-31-10-4-9-27-18-8-7-13(28)11-16(18)20-19(27)12-15(14-5-2-3-6-17(14)25)21-22(20)24(30)26-23(21)29/h2-3,5-8,11-12,28H,4,9-10H2,1H3,(H,26,29,30). The van der Waals surface area contributed by atoms with Crippen LogP contribution < -0.4 is 5.32 Å². The lowest BCUT2D eigenvalue weighted by molar-refractivity contribution is 0.0880. The first-order valence-corrected chi connectivity index (χ1v) is 11.7. The SMILES string of the molecule is CSCCCn1c2ccc(O)cc2c2c3c(c(-c4ccccc4Cl)cc21)C(=O)NC3=O. The highest BCUT2D eigenvalue weighted by Crippen LogP contribution is 2.42. The van der Waals surface area contributed by atoms with E-state index in [0.29, 0.717) is 32.7 Å². The first-order valence-electron chi connectivity index (χ1n) is 9.92. The van der Waals surface area contributed by atoms with Crippen LogP contribution in [0.4, 0.5) is 0 Å². The summed E-state index contributed by atoms with van der Waals surface area (Å²) in [5, 5.41) is 14.6. The Hall–Kier alpha value is -2.96. The van der Waals surface area contributed by atoms with Gasteiger partial charge in [0.05, 0.1) is 16.6 Å². The van der Waals surface area contributed by atoms with E-state index in [1.54, 1.807) is 30.0 Å². The molecule has 2 amide bonds. The fourth-order valence-electron chi connectivity index (χ4n) is 4.43. The molecule has 2 heterocycles. The maximum atomic E-state index is 12.9. The van der Waals surface area contributed by atoms with Crippen molar-refractivity contribution in [1.29, 1.82) is 0 Å². The molecule has 0 atom stereocenters. The van der Waals surface area contributed by atoms with E-state index in [0.717, 1.165) is 35.1 Å². The number of aromatic nitrogens is 1. The van der Waals surface area contributed by atoms with Gasteiger partial charge in [0.25, 0.3) is 11.8 Å². The summed E-state index contributed by atoms with van der Waals surface area (Å²) >= 11 is 8.26. The number of benzene rings is 3. The van der Waals surface area contributed by atoms with E-state index in [2.05, 4.69) is 16.1 Å². The maximum absolute atomic E-state index is 12.9. The van der Waals surface area contributed by atoms with Gasteiger partial charge in [-0.2, -0.15) is 11.8 Å². The number of phenols is 1. The molecule has 0 bridgehead atoms. The first-order chi connectivity index (χ1) is 15.0. The molecule has 1 aliphatic heterocycles. The van der Waals surface area contributed by atoms with Crippen molar-refractivity contribution in [2.45, 2.75) is 13.0 Å². The Morgan fingerprint density at radius 3 is 2.55 bits per heavy atom. The second-order valence-electron chi connectivity index (χ2n) is 7.53. The van der Waals surface area contributed by atoms with Crippen molar-refractivity contribution in [1.82, 2.24) is 9.88 Å². The highest BCUT2D eigenvalue weighted by molar-refractivity contribution is 7.98. The first kappa shape index (κ1) is 20.0. The van der Waals surface area contributed by atoms with Gasteiger partial charge in [-0.1, -0.05) is 29.8 Å². The molecule has 0 saturated heterocycles. The summed E-state index contributed by atoms with van der Waals surface area (Å²) in [4.78, 5) is 25.7. The van der Waals surface area contributed by atoms with Crippen LogP contribution in [0.2, 0.25) is 5.02 Å². The summed E-state index contributed by atoms with van der Waals surface area (Å²) in [6.45, 7) is 0.752. The van der Waals surface area contributed by atoms with Gasteiger partial charge in [-0.05, 0) is 54.3 Å². The molecule has 0 radical (unpaired) electrons. The summed E-state index contributed by atoms with van der Waals surface area (Å²) in [5.74, 6) is 0.260. The Morgan fingerprint density at radius 2 is 1.77 bits per heavy atom. The molecule has 156 valence electrons. The number of aromatic hydroxyl groups is 1. The van der Waals surface area contributed by atoms with E-state index >= 15 is 0 Å². The molecule has 0 aliphatic carbocycles. The summed E-state index contributed by atoms with van der Waals surface area (Å²) in [5.41, 5.74) is 3.78. The minimum Gasteiger partial charge on any atom is -0.508 e. The van der Waals surface area contributed by atoms with E-state index in [1.807, 2.05) is 30.3 Å². The van der Waals surface area contributed by atoms with Crippen LogP contribution in [0.3, 0.4) is 0 Å². The number of hydrogen-bond donors (Lipinski definition) is 2. The lowest BCUT2D eigenvalue weighted by Gasteiger charge is -2.12. The molecule has 4 aromatic rings. The molecule has 1 aromatic heterocycles. The second-order valence-corrected chi connectivity index (χ2v) is 8.92. The number of thioether (sulfide) groups is 1. The predicted octanol–water partition coefficient (Wildman–Crippen LogP) is 5.46. The number of hydrogen-bond acceptors (Lipinski definition) is 4. The number of rotatable bonds is 5. The lowest BCUT2D eigenvalue weighted by atomic mass is 9.93.